The van der Waals surface area contributed by atoms with E-state index in [1.807, 2.05) is 0 Å². The Bertz CT molecular complexity index is 386. The first kappa shape index (κ1) is 35.8. The van der Waals surface area contributed by atoms with Crippen molar-refractivity contribution in [3.05, 3.63) is 0 Å². The summed E-state index contributed by atoms with van der Waals surface area (Å²) in [6.45, 7) is 0. The lowest BCUT2D eigenvalue weighted by Crippen LogP contribution is -2.42. The van der Waals surface area contributed by atoms with Crippen molar-refractivity contribution in [2.75, 3.05) is 25.8 Å². The minimum atomic E-state index is -2.34. The van der Waals surface area contributed by atoms with Crippen molar-refractivity contribution in [3.63, 3.8) is 0 Å². The fraction of sp³-hybridized carbons (Fsp3) is 1.00. The van der Waals surface area contributed by atoms with Crippen LogP contribution in [0.15, 0.2) is 0 Å². The van der Waals surface area contributed by atoms with Gasteiger partial charge in [-0.25, -0.2) is 0 Å². The molecule has 0 fully saturated rings. The summed E-state index contributed by atoms with van der Waals surface area (Å²) in [5.41, 5.74) is 0. The van der Waals surface area contributed by atoms with Crippen LogP contribution in [0.5, 0.6) is 0 Å². The zero-order valence-electron chi connectivity index (χ0n) is 24.2. The van der Waals surface area contributed by atoms with E-state index in [0.29, 0.717) is 0 Å². The summed E-state index contributed by atoms with van der Waals surface area (Å²) < 4.78 is 17.8. The normalized spacial score (nSPS) is 12.0. The molecule has 5 heteroatoms. The van der Waals surface area contributed by atoms with Gasteiger partial charge >= 0.3 is 8.80 Å². The van der Waals surface area contributed by atoms with Crippen LogP contribution in [0.3, 0.4) is 0 Å². The molecule has 0 aromatic carbocycles. The third-order valence-electron chi connectivity index (χ3n) is 7.55. The van der Waals surface area contributed by atoms with Crippen molar-refractivity contribution in [2.45, 2.75) is 167 Å². The Balaban J connectivity index is 3.14. The summed E-state index contributed by atoms with van der Waals surface area (Å²) in [7, 11) is 2.79. The molecule has 0 saturated heterocycles. The van der Waals surface area contributed by atoms with Gasteiger partial charge in [-0.15, -0.1) is 0 Å². The highest BCUT2D eigenvalue weighted by Gasteiger charge is 2.36. The van der Waals surface area contributed by atoms with Crippen LogP contribution in [0.2, 0.25) is 6.04 Å². The molecular weight excluding hydrogens is 563 g/mol. The van der Waals surface area contributed by atoms with E-state index in [0.717, 1.165) is 12.5 Å². The third kappa shape index (κ3) is 24.9. The Morgan fingerprint density at radius 2 is 0.543 bits per heavy atom. The summed E-state index contributed by atoms with van der Waals surface area (Å²) in [5, 5.41) is 0. The maximum Gasteiger partial charge on any atom is 0.500 e. The van der Waals surface area contributed by atoms with Gasteiger partial charge in [0.2, 0.25) is 0 Å². The molecule has 3 nitrogen and oxygen atoms in total. The second-order valence-corrected chi connectivity index (χ2v) is 14.7. The second-order valence-electron chi connectivity index (χ2n) is 10.6. The van der Waals surface area contributed by atoms with E-state index in [2.05, 4.69) is 22.6 Å². The van der Waals surface area contributed by atoms with Crippen LogP contribution >= 0.6 is 22.6 Å². The Morgan fingerprint density at radius 1 is 0.343 bits per heavy atom. The molecule has 0 heterocycles. The third-order valence-corrected chi connectivity index (χ3v) is 11.1. The number of alkyl halides is 1. The molecule has 35 heavy (non-hydrogen) atoms. The number of halogens is 1. The van der Waals surface area contributed by atoms with Crippen molar-refractivity contribution >= 4 is 31.4 Å². The summed E-state index contributed by atoms with van der Waals surface area (Å²) in [6.07, 6.45) is 35.8. The zero-order chi connectivity index (χ0) is 25.7. The fourth-order valence-corrected chi connectivity index (χ4v) is 7.39. The van der Waals surface area contributed by atoms with Gasteiger partial charge in [0, 0.05) is 27.4 Å². The number of rotatable bonds is 30. The van der Waals surface area contributed by atoms with Crippen molar-refractivity contribution < 1.29 is 13.3 Å². The quantitative estimate of drug-likeness (QED) is 0.0344. The molecular formula is C30H63IO3Si. The molecule has 212 valence electrons. The molecule has 0 amide bonds. The Labute approximate surface area is 236 Å². The lowest BCUT2D eigenvalue weighted by Gasteiger charge is -2.24. The van der Waals surface area contributed by atoms with Crippen molar-refractivity contribution in [1.82, 2.24) is 0 Å². The highest BCUT2D eigenvalue weighted by Crippen LogP contribution is 2.19. The molecule has 0 aliphatic heterocycles. The smallest absolute Gasteiger partial charge is 0.377 e. The van der Waals surface area contributed by atoms with Gasteiger partial charge < -0.3 is 13.3 Å². The average Bonchev–Trinajstić information content (AvgIpc) is 2.89. The van der Waals surface area contributed by atoms with Crippen molar-refractivity contribution in [2.24, 2.45) is 0 Å². The van der Waals surface area contributed by atoms with Gasteiger partial charge in [0.1, 0.15) is 0 Å². The predicted molar refractivity (Wildman–Crippen MR) is 166 cm³/mol. The van der Waals surface area contributed by atoms with E-state index in [9.17, 15) is 0 Å². The summed E-state index contributed by atoms with van der Waals surface area (Å²) in [6, 6.07) is 0.940. The molecule has 0 spiro atoms. The first-order valence-corrected chi connectivity index (χ1v) is 18.9. The molecule has 0 N–H and O–H groups in total. The highest BCUT2D eigenvalue weighted by molar-refractivity contribution is 14.1. The van der Waals surface area contributed by atoms with Crippen LogP contribution < -0.4 is 0 Å². The largest absolute Gasteiger partial charge is 0.500 e. The number of hydrogen-bond acceptors (Lipinski definition) is 3. The first-order valence-electron chi connectivity index (χ1n) is 15.5. The maximum absolute atomic E-state index is 5.49. The molecule has 0 aromatic heterocycles. The van der Waals surface area contributed by atoms with Gasteiger partial charge in [-0.1, -0.05) is 170 Å². The van der Waals surface area contributed by atoms with E-state index in [1.54, 1.807) is 21.3 Å². The molecule has 0 atom stereocenters. The van der Waals surface area contributed by atoms with Crippen LogP contribution in [0.1, 0.15) is 161 Å². The van der Waals surface area contributed by atoms with Crippen LogP contribution in [0, 0.1) is 0 Å². The second kappa shape index (κ2) is 29.4. The minimum absolute atomic E-state index is 0.940. The SMILES string of the molecule is CO[Si](CCCCCCCCCCCCCCCCCCCCCCCCCCCI)(OC)OC. The van der Waals surface area contributed by atoms with Crippen LogP contribution in [-0.2, 0) is 13.3 Å². The monoisotopic (exact) mass is 626 g/mol. The average molecular weight is 627 g/mol. The maximum atomic E-state index is 5.49. The molecule has 0 aromatic rings. The van der Waals surface area contributed by atoms with E-state index in [4.69, 9.17) is 13.3 Å². The molecule has 0 rings (SSSR count). The van der Waals surface area contributed by atoms with Gasteiger partial charge in [-0.3, -0.25) is 0 Å². The van der Waals surface area contributed by atoms with Gasteiger partial charge in [-0.2, -0.15) is 0 Å². The van der Waals surface area contributed by atoms with Gasteiger partial charge in [0.05, 0.1) is 0 Å². The Hall–Kier alpha value is 0.827. The minimum Gasteiger partial charge on any atom is -0.377 e. The topological polar surface area (TPSA) is 27.7 Å². The molecule has 0 radical (unpaired) electrons. The van der Waals surface area contributed by atoms with Crippen molar-refractivity contribution in [3.8, 4) is 0 Å². The fourth-order valence-electron chi connectivity index (χ4n) is 5.06. The lowest BCUT2D eigenvalue weighted by molar-refractivity contribution is 0.122. The van der Waals surface area contributed by atoms with Crippen LogP contribution in [-0.4, -0.2) is 34.6 Å². The number of hydrogen-bond donors (Lipinski definition) is 0. The molecule has 0 saturated carbocycles. The lowest BCUT2D eigenvalue weighted by atomic mass is 10.0. The Morgan fingerprint density at radius 3 is 0.743 bits per heavy atom. The van der Waals surface area contributed by atoms with E-state index >= 15 is 0 Å². The van der Waals surface area contributed by atoms with Crippen LogP contribution in [0.4, 0.5) is 0 Å². The van der Waals surface area contributed by atoms with Gasteiger partial charge in [0.25, 0.3) is 0 Å². The van der Waals surface area contributed by atoms with Gasteiger partial charge in [-0.05, 0) is 17.3 Å². The van der Waals surface area contributed by atoms with E-state index in [-0.39, 0.29) is 0 Å². The summed E-state index contributed by atoms with van der Waals surface area (Å²) >= 11 is 2.50. The predicted octanol–water partition coefficient (Wildman–Crippen LogP) is 11.1. The Kier molecular flexibility index (Phi) is 30.1. The molecule has 0 unspecified atom stereocenters. The van der Waals surface area contributed by atoms with Crippen LogP contribution in [0.25, 0.3) is 0 Å². The molecule has 0 aliphatic rings. The number of unbranched alkanes of at least 4 members (excludes halogenated alkanes) is 24. The van der Waals surface area contributed by atoms with Crippen molar-refractivity contribution in [1.29, 1.82) is 0 Å². The molecule has 0 bridgehead atoms. The van der Waals surface area contributed by atoms with E-state index in [1.165, 1.54) is 159 Å². The summed E-state index contributed by atoms with van der Waals surface area (Å²) in [5.74, 6) is 0. The first-order chi connectivity index (χ1) is 17.2. The summed E-state index contributed by atoms with van der Waals surface area (Å²) in [4.78, 5) is 0. The zero-order valence-corrected chi connectivity index (χ0v) is 27.4. The molecule has 0 aliphatic carbocycles. The van der Waals surface area contributed by atoms with Gasteiger partial charge in [0.15, 0.2) is 0 Å². The van der Waals surface area contributed by atoms with E-state index < -0.39 is 8.80 Å². The highest BCUT2D eigenvalue weighted by atomic mass is 127. The standard InChI is InChI=1S/C30H63IO3Si/c1-32-35(33-2,34-3)30-28-26-24-22-20-18-16-14-12-10-8-6-4-5-7-9-11-13-15-17-19-21-23-25-27-29-31/h4-30H2,1-3H3.